The molecule has 1 atom stereocenters. The summed E-state index contributed by atoms with van der Waals surface area (Å²) in [6, 6.07) is 5.52. The van der Waals surface area contributed by atoms with E-state index in [1.54, 1.807) is 31.2 Å². The van der Waals surface area contributed by atoms with Gasteiger partial charge in [0, 0.05) is 5.56 Å². The molecule has 3 rings (SSSR count). The smallest absolute Gasteiger partial charge is 0.377 e. The number of nitrogens with one attached hydrogen (secondary N) is 1. The van der Waals surface area contributed by atoms with Crippen molar-refractivity contribution in [3.8, 4) is 11.4 Å². The lowest BCUT2D eigenvalue weighted by molar-refractivity contribution is -0.185. The standard InChI is InChI=1S/C16H17F3N4O4/c1-9(20-15(24)23(25-2)12-7-26-8-12)10-3-5-11(6-4-10)13-21-14(27-22-13)16(17,18)19/h3-6,9,12H,7-8H2,1-2H3,(H,20,24). The van der Waals surface area contributed by atoms with Crippen molar-refractivity contribution in [3.63, 3.8) is 0 Å². The minimum atomic E-state index is -4.69. The molecule has 1 saturated heterocycles. The van der Waals surface area contributed by atoms with Gasteiger partial charge in [-0.25, -0.2) is 4.79 Å². The zero-order valence-electron chi connectivity index (χ0n) is 14.5. The molecule has 0 radical (unpaired) electrons. The summed E-state index contributed by atoms with van der Waals surface area (Å²) in [5.74, 6) is -1.57. The van der Waals surface area contributed by atoms with E-state index in [0.29, 0.717) is 18.8 Å². The minimum absolute atomic E-state index is 0.134. The fraction of sp³-hybridized carbons (Fsp3) is 0.438. The highest BCUT2D eigenvalue weighted by Gasteiger charge is 2.38. The van der Waals surface area contributed by atoms with E-state index >= 15 is 0 Å². The van der Waals surface area contributed by atoms with E-state index in [9.17, 15) is 18.0 Å². The number of hydroxylamine groups is 2. The largest absolute Gasteiger partial charge is 0.471 e. The predicted octanol–water partition coefficient (Wildman–Crippen LogP) is 2.79. The Bertz CT molecular complexity index is 790. The number of urea groups is 1. The Hall–Kier alpha value is -2.66. The van der Waals surface area contributed by atoms with Crippen LogP contribution in [0, 0.1) is 0 Å². The van der Waals surface area contributed by atoms with Gasteiger partial charge in [-0.3, -0.25) is 4.84 Å². The Morgan fingerprint density at radius 1 is 1.33 bits per heavy atom. The normalized spacial score (nSPS) is 15.9. The zero-order valence-corrected chi connectivity index (χ0v) is 14.5. The highest BCUT2D eigenvalue weighted by atomic mass is 19.4. The van der Waals surface area contributed by atoms with Crippen molar-refractivity contribution in [2.45, 2.75) is 25.2 Å². The van der Waals surface area contributed by atoms with Gasteiger partial charge < -0.3 is 14.6 Å². The molecule has 1 N–H and O–H groups in total. The quantitative estimate of drug-likeness (QED) is 0.795. The number of hydrogen-bond donors (Lipinski definition) is 1. The summed E-state index contributed by atoms with van der Waals surface area (Å²) in [5, 5.41) is 7.34. The van der Waals surface area contributed by atoms with Gasteiger partial charge in [-0.15, -0.1) is 0 Å². The molecule has 2 aromatic rings. The predicted molar refractivity (Wildman–Crippen MR) is 85.1 cm³/mol. The van der Waals surface area contributed by atoms with E-state index in [1.807, 2.05) is 0 Å². The number of nitrogens with zero attached hydrogens (tertiary/aromatic N) is 3. The fourth-order valence-electron chi connectivity index (χ4n) is 2.47. The van der Waals surface area contributed by atoms with E-state index in [1.165, 1.54) is 12.2 Å². The number of aromatic nitrogens is 2. The number of hydrogen-bond acceptors (Lipinski definition) is 6. The highest BCUT2D eigenvalue weighted by Crippen LogP contribution is 2.29. The zero-order chi connectivity index (χ0) is 19.6. The van der Waals surface area contributed by atoms with Gasteiger partial charge in [0.1, 0.15) is 6.04 Å². The summed E-state index contributed by atoms with van der Waals surface area (Å²) in [7, 11) is 1.40. The molecule has 0 spiro atoms. The van der Waals surface area contributed by atoms with Gasteiger partial charge in [0.25, 0.3) is 0 Å². The summed E-state index contributed by atoms with van der Waals surface area (Å²) in [6.45, 7) is 2.60. The molecular weight excluding hydrogens is 369 g/mol. The lowest BCUT2D eigenvalue weighted by Gasteiger charge is -2.35. The Balaban J connectivity index is 1.65. The number of halogens is 3. The SMILES string of the molecule is CON(C(=O)NC(C)c1ccc(-c2noc(C(F)(F)F)n2)cc1)C1COC1. The summed E-state index contributed by atoms with van der Waals surface area (Å²) in [5.41, 5.74) is 1.11. The molecule has 1 aromatic heterocycles. The maximum Gasteiger partial charge on any atom is 0.471 e. The molecule has 0 aliphatic carbocycles. The molecule has 27 heavy (non-hydrogen) atoms. The number of amides is 2. The van der Waals surface area contributed by atoms with Crippen molar-refractivity contribution in [2.75, 3.05) is 20.3 Å². The van der Waals surface area contributed by atoms with E-state index in [0.717, 1.165) is 5.56 Å². The van der Waals surface area contributed by atoms with Crippen molar-refractivity contribution in [1.82, 2.24) is 20.5 Å². The first-order valence-electron chi connectivity index (χ1n) is 8.02. The van der Waals surface area contributed by atoms with Crippen LogP contribution in [0.15, 0.2) is 28.8 Å². The van der Waals surface area contributed by atoms with E-state index in [4.69, 9.17) is 9.57 Å². The van der Waals surface area contributed by atoms with Crippen LogP contribution in [-0.4, -0.2) is 47.6 Å². The van der Waals surface area contributed by atoms with Crippen molar-refractivity contribution in [3.05, 3.63) is 35.7 Å². The van der Waals surface area contributed by atoms with Crippen LogP contribution < -0.4 is 5.32 Å². The van der Waals surface area contributed by atoms with Crippen LogP contribution in [0.5, 0.6) is 0 Å². The Kier molecular flexibility index (Phi) is 5.33. The topological polar surface area (TPSA) is 89.7 Å². The molecule has 1 aliphatic rings. The molecule has 2 heterocycles. The van der Waals surface area contributed by atoms with Crippen LogP contribution in [0.1, 0.15) is 24.4 Å². The Labute approximate surface area is 152 Å². The van der Waals surface area contributed by atoms with Crippen LogP contribution in [0.25, 0.3) is 11.4 Å². The van der Waals surface area contributed by atoms with Crippen LogP contribution in [0.3, 0.4) is 0 Å². The third kappa shape index (κ3) is 4.19. The van der Waals surface area contributed by atoms with Gasteiger partial charge in [-0.1, -0.05) is 29.4 Å². The van der Waals surface area contributed by atoms with Gasteiger partial charge in [-0.05, 0) is 12.5 Å². The number of rotatable bonds is 5. The monoisotopic (exact) mass is 386 g/mol. The second kappa shape index (κ2) is 7.53. The minimum Gasteiger partial charge on any atom is -0.377 e. The van der Waals surface area contributed by atoms with Crippen LogP contribution >= 0.6 is 0 Å². The average molecular weight is 386 g/mol. The molecule has 2 amide bonds. The lowest BCUT2D eigenvalue weighted by Crippen LogP contribution is -2.54. The third-order valence-corrected chi connectivity index (χ3v) is 4.03. The maximum absolute atomic E-state index is 12.5. The second-order valence-corrected chi connectivity index (χ2v) is 5.91. The van der Waals surface area contributed by atoms with E-state index in [-0.39, 0.29) is 17.9 Å². The van der Waals surface area contributed by atoms with Gasteiger partial charge >= 0.3 is 18.1 Å². The van der Waals surface area contributed by atoms with Crippen molar-refractivity contribution >= 4 is 6.03 Å². The molecule has 1 unspecified atom stereocenters. The maximum atomic E-state index is 12.5. The molecular formula is C16H17F3N4O4. The molecule has 8 nitrogen and oxygen atoms in total. The molecule has 1 aromatic carbocycles. The number of ether oxygens (including phenoxy) is 1. The van der Waals surface area contributed by atoms with Crippen LogP contribution in [0.4, 0.5) is 18.0 Å². The van der Waals surface area contributed by atoms with Crippen molar-refractivity contribution in [2.24, 2.45) is 0 Å². The highest BCUT2D eigenvalue weighted by molar-refractivity contribution is 5.74. The van der Waals surface area contributed by atoms with E-state index < -0.39 is 18.1 Å². The fourth-order valence-corrected chi connectivity index (χ4v) is 2.47. The summed E-state index contributed by atoms with van der Waals surface area (Å²) >= 11 is 0. The van der Waals surface area contributed by atoms with Crippen molar-refractivity contribution < 1.29 is 32.1 Å². The number of alkyl halides is 3. The molecule has 1 aliphatic heterocycles. The Morgan fingerprint density at radius 3 is 2.48 bits per heavy atom. The van der Waals surface area contributed by atoms with Gasteiger partial charge in [0.2, 0.25) is 5.82 Å². The summed E-state index contributed by atoms with van der Waals surface area (Å²) < 4.78 is 46.9. The molecule has 0 saturated carbocycles. The molecule has 1 fully saturated rings. The number of carbonyl (C=O) groups is 1. The molecule has 0 bridgehead atoms. The second-order valence-electron chi connectivity index (χ2n) is 5.91. The van der Waals surface area contributed by atoms with E-state index in [2.05, 4.69) is 20.0 Å². The first kappa shape index (κ1) is 19.1. The molecule has 146 valence electrons. The third-order valence-electron chi connectivity index (χ3n) is 4.03. The van der Waals surface area contributed by atoms with Gasteiger partial charge in [0.15, 0.2) is 0 Å². The van der Waals surface area contributed by atoms with Gasteiger partial charge in [0.05, 0.1) is 26.4 Å². The van der Waals surface area contributed by atoms with Crippen molar-refractivity contribution in [1.29, 1.82) is 0 Å². The molecule has 11 heteroatoms. The number of benzene rings is 1. The first-order valence-corrected chi connectivity index (χ1v) is 8.02. The van der Waals surface area contributed by atoms with Crippen LogP contribution in [-0.2, 0) is 15.8 Å². The van der Waals surface area contributed by atoms with Crippen LogP contribution in [0.2, 0.25) is 0 Å². The average Bonchev–Trinajstić information content (AvgIpc) is 3.08. The Morgan fingerprint density at radius 2 is 2.00 bits per heavy atom. The number of carbonyl (C=O) groups excluding carboxylic acids is 1. The van der Waals surface area contributed by atoms with Gasteiger partial charge in [-0.2, -0.15) is 23.2 Å². The summed E-state index contributed by atoms with van der Waals surface area (Å²) in [6.07, 6.45) is -4.69. The first-order chi connectivity index (χ1) is 12.8. The summed E-state index contributed by atoms with van der Waals surface area (Å²) in [4.78, 5) is 20.7. The lowest BCUT2D eigenvalue weighted by atomic mass is 10.1.